The van der Waals surface area contributed by atoms with Crippen molar-refractivity contribution in [3.8, 4) is 0 Å². The van der Waals surface area contributed by atoms with Crippen LogP contribution in [0.2, 0.25) is 0 Å². The predicted molar refractivity (Wildman–Crippen MR) is 82.4 cm³/mol. The Labute approximate surface area is 128 Å². The van der Waals surface area contributed by atoms with Crippen molar-refractivity contribution in [1.82, 2.24) is 9.97 Å². The lowest BCUT2D eigenvalue weighted by atomic mass is 10.1. The third kappa shape index (κ3) is 3.11. The topological polar surface area (TPSA) is 83.4 Å². The second-order valence-corrected chi connectivity index (χ2v) is 4.61. The van der Waals surface area contributed by atoms with E-state index in [9.17, 15) is 9.59 Å². The molecule has 1 heterocycles. The molecule has 0 amide bonds. The van der Waals surface area contributed by atoms with Crippen molar-refractivity contribution in [2.45, 2.75) is 13.8 Å². The van der Waals surface area contributed by atoms with Gasteiger partial charge in [-0.05, 0) is 38.1 Å². The summed E-state index contributed by atoms with van der Waals surface area (Å²) in [4.78, 5) is 33.3. The molecule has 22 heavy (non-hydrogen) atoms. The van der Waals surface area contributed by atoms with Crippen molar-refractivity contribution in [3.05, 3.63) is 53.6 Å². The van der Waals surface area contributed by atoms with Crippen LogP contribution in [0.25, 0.3) is 0 Å². The van der Waals surface area contributed by atoms with Crippen molar-refractivity contribution in [1.29, 1.82) is 0 Å². The summed E-state index contributed by atoms with van der Waals surface area (Å²) in [6.07, 6.45) is 2.56. The highest BCUT2D eigenvalue weighted by Crippen LogP contribution is 2.17. The molecule has 0 bridgehead atoms. The fourth-order valence-electron chi connectivity index (χ4n) is 2.21. The average molecular weight is 299 g/mol. The zero-order chi connectivity index (χ0) is 16.1. The number of carbonyl (C=O) groups excluding carboxylic acids is 1. The Morgan fingerprint density at radius 2 is 1.55 bits per heavy atom. The van der Waals surface area contributed by atoms with Crippen LogP contribution >= 0.6 is 0 Å². The summed E-state index contributed by atoms with van der Waals surface area (Å²) in [5.74, 6) is -1.71. The van der Waals surface area contributed by atoms with Gasteiger partial charge in [0.15, 0.2) is 5.69 Å². The van der Waals surface area contributed by atoms with E-state index in [1.165, 1.54) is 12.4 Å². The van der Waals surface area contributed by atoms with Crippen LogP contribution in [0.4, 0.5) is 5.69 Å². The van der Waals surface area contributed by atoms with Gasteiger partial charge in [-0.3, -0.25) is 4.79 Å². The molecule has 0 spiro atoms. The molecule has 0 aliphatic carbocycles. The number of carbonyl (C=O) groups is 2. The quantitative estimate of drug-likeness (QED) is 0.824. The minimum Gasteiger partial charge on any atom is -0.476 e. The van der Waals surface area contributed by atoms with Crippen molar-refractivity contribution in [2.75, 3.05) is 18.0 Å². The SMILES string of the molecule is CCN(CC)c1ccc(C(=O)c2nccnc2C(=O)O)cc1. The normalized spacial score (nSPS) is 10.3. The standard InChI is InChI=1S/C16H17N3O3/c1-3-19(4-2)12-7-5-11(6-8-12)15(20)13-14(16(21)22)18-10-9-17-13/h5-10H,3-4H2,1-2H3,(H,21,22). The highest BCUT2D eigenvalue weighted by atomic mass is 16.4. The first-order valence-electron chi connectivity index (χ1n) is 7.02. The van der Waals surface area contributed by atoms with E-state index in [1.807, 2.05) is 12.1 Å². The summed E-state index contributed by atoms with van der Waals surface area (Å²) < 4.78 is 0. The molecule has 0 atom stereocenters. The number of anilines is 1. The van der Waals surface area contributed by atoms with E-state index in [0.717, 1.165) is 18.8 Å². The van der Waals surface area contributed by atoms with Crippen LogP contribution in [-0.4, -0.2) is 39.9 Å². The lowest BCUT2D eigenvalue weighted by Crippen LogP contribution is -2.21. The van der Waals surface area contributed by atoms with Crippen LogP contribution in [0.1, 0.15) is 40.4 Å². The Kier molecular flexibility index (Phi) is 4.83. The van der Waals surface area contributed by atoms with E-state index in [0.29, 0.717) is 5.56 Å². The molecule has 6 nitrogen and oxygen atoms in total. The smallest absolute Gasteiger partial charge is 0.356 e. The van der Waals surface area contributed by atoms with Crippen molar-refractivity contribution in [3.63, 3.8) is 0 Å². The molecule has 0 saturated carbocycles. The Morgan fingerprint density at radius 1 is 1.00 bits per heavy atom. The average Bonchev–Trinajstić information content (AvgIpc) is 2.56. The molecular formula is C16H17N3O3. The number of hydrogen-bond acceptors (Lipinski definition) is 5. The van der Waals surface area contributed by atoms with Gasteiger partial charge in [-0.2, -0.15) is 0 Å². The van der Waals surface area contributed by atoms with Gasteiger partial charge in [0.1, 0.15) is 5.69 Å². The highest BCUT2D eigenvalue weighted by Gasteiger charge is 2.20. The Morgan fingerprint density at radius 3 is 2.05 bits per heavy atom. The van der Waals surface area contributed by atoms with Crippen LogP contribution < -0.4 is 4.90 Å². The number of ketones is 1. The number of carboxylic acids is 1. The first-order chi connectivity index (χ1) is 10.6. The van der Waals surface area contributed by atoms with E-state index in [1.54, 1.807) is 12.1 Å². The molecule has 2 rings (SSSR count). The number of carboxylic acid groups (broad SMARTS) is 1. The Balaban J connectivity index is 2.33. The molecule has 2 aromatic rings. The summed E-state index contributed by atoms with van der Waals surface area (Å²) in [5, 5.41) is 9.08. The second-order valence-electron chi connectivity index (χ2n) is 4.61. The highest BCUT2D eigenvalue weighted by molar-refractivity contribution is 6.12. The van der Waals surface area contributed by atoms with E-state index in [-0.39, 0.29) is 11.4 Å². The lowest BCUT2D eigenvalue weighted by Gasteiger charge is -2.21. The van der Waals surface area contributed by atoms with Crippen molar-refractivity contribution < 1.29 is 14.7 Å². The summed E-state index contributed by atoms with van der Waals surface area (Å²) in [6.45, 7) is 5.86. The van der Waals surface area contributed by atoms with E-state index >= 15 is 0 Å². The van der Waals surface area contributed by atoms with Crippen molar-refractivity contribution in [2.24, 2.45) is 0 Å². The molecule has 0 aliphatic rings. The van der Waals surface area contributed by atoms with Gasteiger partial charge >= 0.3 is 5.97 Å². The number of aromatic nitrogens is 2. The fourth-order valence-corrected chi connectivity index (χ4v) is 2.21. The molecule has 114 valence electrons. The third-order valence-electron chi connectivity index (χ3n) is 3.37. The summed E-state index contributed by atoms with van der Waals surface area (Å²) >= 11 is 0. The van der Waals surface area contributed by atoms with Gasteiger partial charge in [-0.15, -0.1) is 0 Å². The fraction of sp³-hybridized carbons (Fsp3) is 0.250. The number of hydrogen-bond donors (Lipinski definition) is 1. The van der Waals surface area contributed by atoms with Gasteiger partial charge < -0.3 is 10.0 Å². The van der Waals surface area contributed by atoms with Crippen molar-refractivity contribution >= 4 is 17.4 Å². The molecule has 0 unspecified atom stereocenters. The van der Waals surface area contributed by atoms with E-state index in [4.69, 9.17) is 5.11 Å². The third-order valence-corrected chi connectivity index (χ3v) is 3.37. The van der Waals surface area contributed by atoms with Gasteiger partial charge in [-0.25, -0.2) is 14.8 Å². The molecule has 6 heteroatoms. The van der Waals surface area contributed by atoms with Crippen LogP contribution in [-0.2, 0) is 0 Å². The Hall–Kier alpha value is -2.76. The maximum atomic E-state index is 12.4. The van der Waals surface area contributed by atoms with Gasteiger partial charge in [-0.1, -0.05) is 0 Å². The lowest BCUT2D eigenvalue weighted by molar-refractivity contribution is 0.0685. The van der Waals surface area contributed by atoms with E-state index < -0.39 is 11.8 Å². The first-order valence-corrected chi connectivity index (χ1v) is 7.02. The molecule has 0 fully saturated rings. The largest absolute Gasteiger partial charge is 0.476 e. The number of rotatable bonds is 6. The molecule has 1 aromatic heterocycles. The summed E-state index contributed by atoms with van der Waals surface area (Å²) in [5.41, 5.74) is 0.920. The maximum Gasteiger partial charge on any atom is 0.356 e. The monoisotopic (exact) mass is 299 g/mol. The van der Waals surface area contributed by atoms with Gasteiger partial charge in [0, 0.05) is 36.7 Å². The molecule has 0 saturated heterocycles. The first kappa shape index (κ1) is 15.6. The van der Waals surface area contributed by atoms with Gasteiger partial charge in [0.25, 0.3) is 0 Å². The summed E-state index contributed by atoms with van der Waals surface area (Å²) in [6, 6.07) is 7.04. The zero-order valence-corrected chi connectivity index (χ0v) is 12.5. The van der Waals surface area contributed by atoms with E-state index in [2.05, 4.69) is 28.7 Å². The van der Waals surface area contributed by atoms with Gasteiger partial charge in [0.05, 0.1) is 0 Å². The molecular weight excluding hydrogens is 282 g/mol. The van der Waals surface area contributed by atoms with Crippen LogP contribution in [0.5, 0.6) is 0 Å². The molecule has 1 N–H and O–H groups in total. The molecule has 0 radical (unpaired) electrons. The minimum atomic E-state index is -1.27. The van der Waals surface area contributed by atoms with Crippen LogP contribution in [0.3, 0.4) is 0 Å². The predicted octanol–water partition coefficient (Wildman–Crippen LogP) is 2.25. The summed E-state index contributed by atoms with van der Waals surface area (Å²) in [7, 11) is 0. The number of aromatic carboxylic acids is 1. The Bertz CT molecular complexity index is 679. The second kappa shape index (κ2) is 6.80. The van der Waals surface area contributed by atoms with Crippen LogP contribution in [0.15, 0.2) is 36.7 Å². The number of benzene rings is 1. The van der Waals surface area contributed by atoms with Crippen LogP contribution in [0, 0.1) is 0 Å². The number of nitrogens with zero attached hydrogens (tertiary/aromatic N) is 3. The molecule has 0 aliphatic heterocycles. The van der Waals surface area contributed by atoms with Gasteiger partial charge in [0.2, 0.25) is 5.78 Å². The molecule has 1 aromatic carbocycles. The zero-order valence-electron chi connectivity index (χ0n) is 12.5. The maximum absolute atomic E-state index is 12.4. The minimum absolute atomic E-state index is 0.148.